The van der Waals surface area contributed by atoms with E-state index in [0.717, 1.165) is 33.3 Å². The van der Waals surface area contributed by atoms with E-state index < -0.39 is 0 Å². The third-order valence-electron chi connectivity index (χ3n) is 3.36. The zero-order chi connectivity index (χ0) is 13.4. The number of aromatic hydroxyl groups is 1. The summed E-state index contributed by atoms with van der Waals surface area (Å²) in [6.45, 7) is 3.90. The Morgan fingerprint density at radius 3 is 2.37 bits per heavy atom. The fraction of sp³-hybridized carbons (Fsp3) is 0.118. The van der Waals surface area contributed by atoms with E-state index in [1.807, 2.05) is 38.1 Å². The van der Waals surface area contributed by atoms with E-state index >= 15 is 0 Å². The van der Waals surface area contributed by atoms with Crippen molar-refractivity contribution in [1.82, 2.24) is 4.98 Å². The molecule has 2 heteroatoms. The summed E-state index contributed by atoms with van der Waals surface area (Å²) in [6, 6.07) is 16.0. The molecule has 0 aliphatic heterocycles. The Morgan fingerprint density at radius 2 is 1.58 bits per heavy atom. The number of pyridine rings is 1. The van der Waals surface area contributed by atoms with Gasteiger partial charge in [-0.1, -0.05) is 18.2 Å². The smallest absolute Gasteiger partial charge is 0.118 e. The van der Waals surface area contributed by atoms with Crippen LogP contribution in [0.5, 0.6) is 5.75 Å². The van der Waals surface area contributed by atoms with Gasteiger partial charge in [0.1, 0.15) is 5.75 Å². The number of nitrogens with zero attached hydrogens (tertiary/aromatic N) is 1. The molecule has 0 aliphatic carbocycles. The normalized spacial score (nSPS) is 10.8. The number of fused-ring (bicyclic) bond motifs is 1. The lowest BCUT2D eigenvalue weighted by Crippen LogP contribution is -1.85. The molecule has 0 amide bonds. The van der Waals surface area contributed by atoms with Gasteiger partial charge in [0.05, 0.1) is 5.52 Å². The van der Waals surface area contributed by atoms with Crippen LogP contribution < -0.4 is 0 Å². The predicted octanol–water partition coefficient (Wildman–Crippen LogP) is 4.22. The molecular weight excluding hydrogens is 234 g/mol. The zero-order valence-electron chi connectivity index (χ0n) is 11.0. The Bertz CT molecular complexity index is 762. The molecule has 1 aromatic heterocycles. The lowest BCUT2D eigenvalue weighted by Gasteiger charge is -2.06. The molecule has 0 aliphatic rings. The van der Waals surface area contributed by atoms with Crippen molar-refractivity contribution in [3.05, 3.63) is 59.8 Å². The molecular formula is C17H15NO. The molecule has 0 saturated heterocycles. The zero-order valence-corrected chi connectivity index (χ0v) is 11.0. The van der Waals surface area contributed by atoms with E-state index in [1.54, 1.807) is 6.07 Å². The highest BCUT2D eigenvalue weighted by Crippen LogP contribution is 2.27. The van der Waals surface area contributed by atoms with E-state index in [0.29, 0.717) is 5.75 Å². The van der Waals surface area contributed by atoms with Gasteiger partial charge >= 0.3 is 0 Å². The van der Waals surface area contributed by atoms with E-state index in [4.69, 9.17) is 0 Å². The standard InChI is InChI=1S/C17H15NO/c1-11-9-13(6-8-17(11)19)14-5-7-16-15(10-14)4-3-12(2)18-16/h3-10,19H,1-2H3. The Hall–Kier alpha value is -2.35. The summed E-state index contributed by atoms with van der Waals surface area (Å²) in [6.07, 6.45) is 0. The van der Waals surface area contributed by atoms with Crippen LogP contribution >= 0.6 is 0 Å². The van der Waals surface area contributed by atoms with Gasteiger partial charge in [0.25, 0.3) is 0 Å². The highest BCUT2D eigenvalue weighted by atomic mass is 16.3. The van der Waals surface area contributed by atoms with Gasteiger partial charge in [-0.15, -0.1) is 0 Å². The number of aromatic nitrogens is 1. The molecule has 0 fully saturated rings. The SMILES string of the molecule is Cc1ccc2cc(-c3ccc(O)c(C)c3)ccc2n1. The third-order valence-corrected chi connectivity index (χ3v) is 3.36. The summed E-state index contributed by atoms with van der Waals surface area (Å²) >= 11 is 0. The maximum absolute atomic E-state index is 9.58. The van der Waals surface area contributed by atoms with Gasteiger partial charge in [-0.2, -0.15) is 0 Å². The minimum absolute atomic E-state index is 0.335. The van der Waals surface area contributed by atoms with Crippen molar-refractivity contribution in [2.75, 3.05) is 0 Å². The van der Waals surface area contributed by atoms with Crippen LogP contribution in [0.15, 0.2) is 48.5 Å². The van der Waals surface area contributed by atoms with Crippen LogP contribution in [0.2, 0.25) is 0 Å². The first-order chi connectivity index (χ1) is 9.13. The first-order valence-electron chi connectivity index (χ1n) is 6.31. The summed E-state index contributed by atoms with van der Waals surface area (Å²) in [5.74, 6) is 0.335. The summed E-state index contributed by atoms with van der Waals surface area (Å²) < 4.78 is 0. The highest BCUT2D eigenvalue weighted by molar-refractivity contribution is 5.84. The van der Waals surface area contributed by atoms with E-state index in [-0.39, 0.29) is 0 Å². The quantitative estimate of drug-likeness (QED) is 0.700. The molecule has 0 atom stereocenters. The predicted molar refractivity (Wildman–Crippen MR) is 78.3 cm³/mol. The number of aryl methyl sites for hydroxylation is 2. The second-order valence-electron chi connectivity index (χ2n) is 4.86. The van der Waals surface area contributed by atoms with Gasteiger partial charge in [0, 0.05) is 11.1 Å². The summed E-state index contributed by atoms with van der Waals surface area (Å²) in [5.41, 5.74) is 5.18. The fourth-order valence-corrected chi connectivity index (χ4v) is 2.24. The van der Waals surface area contributed by atoms with E-state index in [1.165, 1.54) is 0 Å². The highest BCUT2D eigenvalue weighted by Gasteiger charge is 2.03. The second-order valence-corrected chi connectivity index (χ2v) is 4.86. The van der Waals surface area contributed by atoms with Crippen molar-refractivity contribution in [2.24, 2.45) is 0 Å². The average Bonchev–Trinajstić information content (AvgIpc) is 2.41. The van der Waals surface area contributed by atoms with Crippen LogP contribution in [-0.4, -0.2) is 10.1 Å². The van der Waals surface area contributed by atoms with Crippen LogP contribution in [0, 0.1) is 13.8 Å². The third kappa shape index (κ3) is 2.17. The van der Waals surface area contributed by atoms with Gasteiger partial charge in [-0.25, -0.2) is 0 Å². The minimum Gasteiger partial charge on any atom is -0.508 e. The van der Waals surface area contributed by atoms with Crippen molar-refractivity contribution in [3.8, 4) is 16.9 Å². The molecule has 3 aromatic rings. The number of hydrogen-bond donors (Lipinski definition) is 1. The largest absolute Gasteiger partial charge is 0.508 e. The Balaban J connectivity index is 2.14. The second kappa shape index (κ2) is 4.39. The summed E-state index contributed by atoms with van der Waals surface area (Å²) in [4.78, 5) is 4.50. The van der Waals surface area contributed by atoms with Crippen LogP contribution in [0.1, 0.15) is 11.3 Å². The Labute approximate surface area is 112 Å². The molecule has 3 rings (SSSR count). The number of hydrogen-bond acceptors (Lipinski definition) is 2. The molecule has 1 N–H and O–H groups in total. The maximum Gasteiger partial charge on any atom is 0.118 e. The monoisotopic (exact) mass is 249 g/mol. The fourth-order valence-electron chi connectivity index (χ4n) is 2.24. The molecule has 0 saturated carbocycles. The minimum atomic E-state index is 0.335. The van der Waals surface area contributed by atoms with Crippen LogP contribution in [0.4, 0.5) is 0 Å². The van der Waals surface area contributed by atoms with Gasteiger partial charge in [-0.3, -0.25) is 4.98 Å². The number of phenolic OH excluding ortho intramolecular Hbond substituents is 1. The molecule has 1 heterocycles. The molecule has 2 nitrogen and oxygen atoms in total. The van der Waals surface area contributed by atoms with Crippen molar-refractivity contribution in [1.29, 1.82) is 0 Å². The number of benzene rings is 2. The molecule has 0 bridgehead atoms. The molecule has 19 heavy (non-hydrogen) atoms. The van der Waals surface area contributed by atoms with Crippen molar-refractivity contribution >= 4 is 10.9 Å². The summed E-state index contributed by atoms with van der Waals surface area (Å²) in [7, 11) is 0. The molecule has 0 unspecified atom stereocenters. The van der Waals surface area contributed by atoms with Crippen molar-refractivity contribution in [3.63, 3.8) is 0 Å². The first-order valence-corrected chi connectivity index (χ1v) is 6.31. The molecule has 0 spiro atoms. The van der Waals surface area contributed by atoms with E-state index in [2.05, 4.69) is 23.2 Å². The lowest BCUT2D eigenvalue weighted by molar-refractivity contribution is 0.471. The van der Waals surface area contributed by atoms with Gasteiger partial charge in [0.15, 0.2) is 0 Å². The van der Waals surface area contributed by atoms with Crippen molar-refractivity contribution < 1.29 is 5.11 Å². The molecule has 2 aromatic carbocycles. The Morgan fingerprint density at radius 1 is 0.842 bits per heavy atom. The molecule has 94 valence electrons. The van der Waals surface area contributed by atoms with Crippen LogP contribution in [0.3, 0.4) is 0 Å². The summed E-state index contributed by atoms with van der Waals surface area (Å²) in [5, 5.41) is 10.7. The van der Waals surface area contributed by atoms with Crippen molar-refractivity contribution in [2.45, 2.75) is 13.8 Å². The first kappa shape index (κ1) is 11.7. The van der Waals surface area contributed by atoms with Gasteiger partial charge in [-0.05, 0) is 60.9 Å². The topological polar surface area (TPSA) is 33.1 Å². The average molecular weight is 249 g/mol. The lowest BCUT2D eigenvalue weighted by atomic mass is 10.0. The molecule has 0 radical (unpaired) electrons. The van der Waals surface area contributed by atoms with Gasteiger partial charge in [0.2, 0.25) is 0 Å². The van der Waals surface area contributed by atoms with Gasteiger partial charge < -0.3 is 5.11 Å². The number of rotatable bonds is 1. The van der Waals surface area contributed by atoms with E-state index in [9.17, 15) is 5.11 Å². The Kier molecular flexibility index (Phi) is 2.71. The maximum atomic E-state index is 9.58. The number of phenols is 1. The van der Waals surface area contributed by atoms with Crippen LogP contribution in [0.25, 0.3) is 22.0 Å². The van der Waals surface area contributed by atoms with Crippen LogP contribution in [-0.2, 0) is 0 Å².